The first-order valence-corrected chi connectivity index (χ1v) is 5.91. The normalized spacial score (nSPS) is 10.2. The number of hydrogen-bond acceptors (Lipinski definition) is 4. The van der Waals surface area contributed by atoms with Crippen molar-refractivity contribution in [2.45, 2.75) is 13.8 Å². The molecule has 0 saturated carbocycles. The molecule has 0 unspecified atom stereocenters. The van der Waals surface area contributed by atoms with Crippen LogP contribution in [0.3, 0.4) is 0 Å². The number of rotatable bonds is 4. The average Bonchev–Trinajstić information content (AvgIpc) is 2.40. The van der Waals surface area contributed by atoms with E-state index in [4.69, 9.17) is 5.11 Å². The Morgan fingerprint density at radius 1 is 1.16 bits per heavy atom. The van der Waals surface area contributed by atoms with Crippen molar-refractivity contribution in [1.82, 2.24) is 9.97 Å². The Morgan fingerprint density at radius 2 is 1.84 bits per heavy atom. The maximum Gasteiger partial charge on any atom is 0.322 e. The van der Waals surface area contributed by atoms with Gasteiger partial charge in [-0.15, -0.1) is 0 Å². The summed E-state index contributed by atoms with van der Waals surface area (Å²) in [6.07, 6.45) is 3.36. The van der Waals surface area contributed by atoms with Crippen LogP contribution in [0.2, 0.25) is 0 Å². The molecule has 98 valence electrons. The lowest BCUT2D eigenvalue weighted by Crippen LogP contribution is -2.14. The van der Waals surface area contributed by atoms with Crippen molar-refractivity contribution in [2.24, 2.45) is 0 Å². The summed E-state index contributed by atoms with van der Waals surface area (Å²) in [4.78, 5) is 18.6. The second-order valence-electron chi connectivity index (χ2n) is 4.34. The minimum absolute atomic E-state index is 0.191. The van der Waals surface area contributed by atoms with E-state index in [1.54, 1.807) is 12.4 Å². The maximum atomic E-state index is 10.4. The van der Waals surface area contributed by atoms with Crippen molar-refractivity contribution in [2.75, 3.05) is 11.9 Å². The fourth-order valence-corrected chi connectivity index (χ4v) is 1.64. The van der Waals surface area contributed by atoms with Crippen LogP contribution < -0.4 is 5.32 Å². The van der Waals surface area contributed by atoms with E-state index in [0.717, 1.165) is 11.1 Å². The van der Waals surface area contributed by atoms with Gasteiger partial charge >= 0.3 is 5.97 Å². The van der Waals surface area contributed by atoms with Gasteiger partial charge in [0.25, 0.3) is 0 Å². The molecule has 0 aliphatic carbocycles. The molecule has 1 aromatic heterocycles. The third-order valence-corrected chi connectivity index (χ3v) is 2.89. The summed E-state index contributed by atoms with van der Waals surface area (Å²) in [5.41, 5.74) is 4.41. The first-order chi connectivity index (χ1) is 9.06. The maximum absolute atomic E-state index is 10.4. The van der Waals surface area contributed by atoms with E-state index < -0.39 is 5.97 Å². The quantitative estimate of drug-likeness (QED) is 0.878. The molecule has 0 spiro atoms. The van der Waals surface area contributed by atoms with E-state index in [1.165, 1.54) is 11.1 Å². The highest BCUT2D eigenvalue weighted by molar-refractivity contribution is 5.72. The summed E-state index contributed by atoms with van der Waals surface area (Å²) in [6, 6.07) is 6.16. The Kier molecular flexibility index (Phi) is 3.75. The van der Waals surface area contributed by atoms with E-state index in [0.29, 0.717) is 5.95 Å². The Hall–Kier alpha value is -2.43. The number of aliphatic carboxylic acids is 1. The molecule has 1 heterocycles. The molecule has 0 radical (unpaired) electrons. The molecule has 5 heteroatoms. The largest absolute Gasteiger partial charge is 0.480 e. The number of hydrogen-bond donors (Lipinski definition) is 2. The van der Waals surface area contributed by atoms with Gasteiger partial charge in [0.15, 0.2) is 0 Å². The molecule has 5 nitrogen and oxygen atoms in total. The number of carbonyl (C=O) groups is 1. The molecule has 0 aliphatic heterocycles. The van der Waals surface area contributed by atoms with Crippen molar-refractivity contribution in [3.05, 3.63) is 41.7 Å². The van der Waals surface area contributed by atoms with Gasteiger partial charge in [-0.1, -0.05) is 18.2 Å². The predicted molar refractivity (Wildman–Crippen MR) is 73.1 cm³/mol. The molecule has 0 fully saturated rings. The van der Waals surface area contributed by atoms with Crippen LogP contribution >= 0.6 is 0 Å². The lowest BCUT2D eigenvalue weighted by molar-refractivity contribution is -0.134. The number of carboxylic acid groups (broad SMARTS) is 1. The molecular weight excluding hydrogens is 242 g/mol. The molecule has 1 aromatic carbocycles. The number of nitrogens with one attached hydrogen (secondary N) is 1. The van der Waals surface area contributed by atoms with Gasteiger partial charge in [0, 0.05) is 18.0 Å². The zero-order chi connectivity index (χ0) is 13.8. The van der Waals surface area contributed by atoms with Crippen molar-refractivity contribution in [3.63, 3.8) is 0 Å². The summed E-state index contributed by atoms with van der Waals surface area (Å²) in [5, 5.41) is 11.2. The lowest BCUT2D eigenvalue weighted by Gasteiger charge is -2.06. The molecule has 0 atom stereocenters. The van der Waals surface area contributed by atoms with Crippen LogP contribution in [-0.4, -0.2) is 27.6 Å². The highest BCUT2D eigenvalue weighted by Gasteiger charge is 2.03. The predicted octanol–water partition coefficient (Wildman–Crippen LogP) is 2.26. The van der Waals surface area contributed by atoms with Crippen molar-refractivity contribution >= 4 is 11.9 Å². The van der Waals surface area contributed by atoms with Gasteiger partial charge in [-0.3, -0.25) is 4.79 Å². The number of aryl methyl sites for hydroxylation is 2. The van der Waals surface area contributed by atoms with Gasteiger partial charge in [-0.05, 0) is 30.5 Å². The topological polar surface area (TPSA) is 75.1 Å². The van der Waals surface area contributed by atoms with E-state index in [1.807, 2.05) is 6.07 Å². The number of carboxylic acids is 1. The smallest absolute Gasteiger partial charge is 0.322 e. The van der Waals surface area contributed by atoms with Crippen LogP contribution in [0, 0.1) is 13.8 Å². The first-order valence-electron chi connectivity index (χ1n) is 5.91. The summed E-state index contributed by atoms with van der Waals surface area (Å²) in [7, 11) is 0. The molecule has 19 heavy (non-hydrogen) atoms. The minimum Gasteiger partial charge on any atom is -0.480 e. The Morgan fingerprint density at radius 3 is 2.42 bits per heavy atom. The summed E-state index contributed by atoms with van der Waals surface area (Å²) < 4.78 is 0. The van der Waals surface area contributed by atoms with Crippen molar-refractivity contribution < 1.29 is 9.90 Å². The molecule has 0 bridgehead atoms. The van der Waals surface area contributed by atoms with Crippen molar-refractivity contribution in [1.29, 1.82) is 0 Å². The molecule has 0 saturated heterocycles. The number of aromatic nitrogens is 2. The summed E-state index contributed by atoms with van der Waals surface area (Å²) in [6.45, 7) is 3.93. The molecule has 0 amide bonds. The van der Waals surface area contributed by atoms with E-state index in [2.05, 4.69) is 41.3 Å². The number of anilines is 1. The summed E-state index contributed by atoms with van der Waals surface area (Å²) >= 11 is 0. The van der Waals surface area contributed by atoms with Gasteiger partial charge in [0.1, 0.15) is 6.54 Å². The minimum atomic E-state index is -0.943. The fraction of sp³-hybridized carbons (Fsp3) is 0.214. The SMILES string of the molecule is Cc1ccc(-c2cnc(NCC(=O)O)nc2)cc1C. The Labute approximate surface area is 111 Å². The second-order valence-corrected chi connectivity index (χ2v) is 4.34. The first kappa shape index (κ1) is 13.0. The van der Waals surface area contributed by atoms with E-state index in [-0.39, 0.29) is 6.54 Å². The van der Waals surface area contributed by atoms with Gasteiger partial charge in [0.05, 0.1) is 0 Å². The second kappa shape index (κ2) is 5.48. The zero-order valence-corrected chi connectivity index (χ0v) is 10.8. The zero-order valence-electron chi connectivity index (χ0n) is 10.8. The monoisotopic (exact) mass is 257 g/mol. The molecule has 2 N–H and O–H groups in total. The molecular formula is C14H15N3O2. The molecule has 2 aromatic rings. The third-order valence-electron chi connectivity index (χ3n) is 2.89. The van der Waals surface area contributed by atoms with Crippen LogP contribution in [0.4, 0.5) is 5.95 Å². The highest BCUT2D eigenvalue weighted by Crippen LogP contribution is 2.21. The third kappa shape index (κ3) is 3.28. The Bertz CT molecular complexity index is 594. The van der Waals surface area contributed by atoms with Crippen molar-refractivity contribution in [3.8, 4) is 11.1 Å². The highest BCUT2D eigenvalue weighted by atomic mass is 16.4. The van der Waals surface area contributed by atoms with Crippen LogP contribution in [0.25, 0.3) is 11.1 Å². The number of nitrogens with zero attached hydrogens (tertiary/aromatic N) is 2. The van der Waals surface area contributed by atoms with Gasteiger partial charge in [0.2, 0.25) is 5.95 Å². The summed E-state index contributed by atoms with van der Waals surface area (Å²) in [5.74, 6) is -0.628. The average molecular weight is 257 g/mol. The molecule has 0 aliphatic rings. The van der Waals surface area contributed by atoms with Crippen LogP contribution in [-0.2, 0) is 4.79 Å². The van der Waals surface area contributed by atoms with Gasteiger partial charge < -0.3 is 10.4 Å². The van der Waals surface area contributed by atoms with Crippen LogP contribution in [0.15, 0.2) is 30.6 Å². The Balaban J connectivity index is 2.17. The van der Waals surface area contributed by atoms with Crippen LogP contribution in [0.5, 0.6) is 0 Å². The standard InChI is InChI=1S/C14H15N3O2/c1-9-3-4-11(5-10(9)2)12-6-15-14(16-7-12)17-8-13(18)19/h3-7H,8H2,1-2H3,(H,18,19)(H,15,16,17). The number of benzene rings is 1. The lowest BCUT2D eigenvalue weighted by atomic mass is 10.0. The van der Waals surface area contributed by atoms with Gasteiger partial charge in [-0.25, -0.2) is 9.97 Å². The fourth-order valence-electron chi connectivity index (χ4n) is 1.64. The van der Waals surface area contributed by atoms with E-state index >= 15 is 0 Å². The van der Waals surface area contributed by atoms with E-state index in [9.17, 15) is 4.79 Å². The van der Waals surface area contributed by atoms with Crippen LogP contribution in [0.1, 0.15) is 11.1 Å². The van der Waals surface area contributed by atoms with Gasteiger partial charge in [-0.2, -0.15) is 0 Å². The molecule has 2 rings (SSSR count).